The first-order chi connectivity index (χ1) is 12.5. The molecule has 1 aliphatic heterocycles. The van der Waals surface area contributed by atoms with E-state index in [-0.39, 0.29) is 5.91 Å². The van der Waals surface area contributed by atoms with Crippen LogP contribution in [0.1, 0.15) is 32.7 Å². The summed E-state index contributed by atoms with van der Waals surface area (Å²) in [7, 11) is 0. The van der Waals surface area contributed by atoms with E-state index in [1.54, 1.807) is 19.1 Å². The predicted molar refractivity (Wildman–Crippen MR) is 97.3 cm³/mol. The summed E-state index contributed by atoms with van der Waals surface area (Å²) >= 11 is 0. The summed E-state index contributed by atoms with van der Waals surface area (Å²) < 4.78 is 0. The molecule has 0 aliphatic carbocycles. The van der Waals surface area contributed by atoms with Gasteiger partial charge in [-0.05, 0) is 47.9 Å². The number of amides is 1. The minimum Gasteiger partial charge on any atom is -0.478 e. The lowest BCUT2D eigenvalue weighted by Gasteiger charge is -2.03. The number of carbonyl (C=O) groups is 2. The number of carbonyl (C=O) groups excluding carboxylic acids is 1. The summed E-state index contributed by atoms with van der Waals surface area (Å²) in [5.41, 5.74) is 6.58. The maximum absolute atomic E-state index is 11.5. The van der Waals surface area contributed by atoms with Crippen LogP contribution in [0, 0.1) is 6.92 Å². The van der Waals surface area contributed by atoms with Crippen LogP contribution in [-0.4, -0.2) is 27.2 Å². The number of aryl methyl sites for hydroxylation is 1. The lowest BCUT2D eigenvalue weighted by Crippen LogP contribution is -2.03. The molecule has 6 nitrogen and oxygen atoms in total. The number of aromatic carboxylic acids is 1. The molecule has 2 aromatic carbocycles. The van der Waals surface area contributed by atoms with Gasteiger partial charge in [0.2, 0.25) is 5.91 Å². The quantitative estimate of drug-likeness (QED) is 0.675. The lowest BCUT2D eigenvalue weighted by atomic mass is 10.0. The highest BCUT2D eigenvalue weighted by atomic mass is 16.4. The molecule has 1 amide bonds. The average Bonchev–Trinajstić information content (AvgIpc) is 3.19. The van der Waals surface area contributed by atoms with Gasteiger partial charge in [0.1, 0.15) is 0 Å². The Bertz CT molecular complexity index is 1040. The third-order valence-electron chi connectivity index (χ3n) is 4.58. The van der Waals surface area contributed by atoms with E-state index in [4.69, 9.17) is 5.11 Å². The summed E-state index contributed by atoms with van der Waals surface area (Å²) in [6.45, 7) is 1.78. The molecular formula is C20H17N3O3. The Morgan fingerprint density at radius 1 is 1.19 bits per heavy atom. The lowest BCUT2D eigenvalue weighted by molar-refractivity contribution is -0.115. The van der Waals surface area contributed by atoms with Crippen LogP contribution in [0.5, 0.6) is 0 Å². The van der Waals surface area contributed by atoms with Gasteiger partial charge in [-0.25, -0.2) is 4.79 Å². The molecule has 2 heterocycles. The molecule has 0 radical (unpaired) electrons. The predicted octanol–water partition coefficient (Wildman–Crippen LogP) is 3.17. The Balaban J connectivity index is 1.55. The fourth-order valence-corrected chi connectivity index (χ4v) is 3.25. The van der Waals surface area contributed by atoms with Crippen LogP contribution in [0.3, 0.4) is 0 Å². The van der Waals surface area contributed by atoms with E-state index in [1.807, 2.05) is 30.3 Å². The zero-order valence-electron chi connectivity index (χ0n) is 14.2. The van der Waals surface area contributed by atoms with E-state index in [1.165, 1.54) is 0 Å². The number of nitrogens with one attached hydrogen (secondary N) is 2. The van der Waals surface area contributed by atoms with E-state index in [0.29, 0.717) is 24.0 Å². The normalized spacial score (nSPS) is 12.7. The van der Waals surface area contributed by atoms with Gasteiger partial charge in [-0.3, -0.25) is 9.89 Å². The first-order valence-corrected chi connectivity index (χ1v) is 8.30. The largest absolute Gasteiger partial charge is 0.478 e. The SMILES string of the molecule is Cc1cc(-c2cc(Cc3ccc4c(c3)NC(=O)C4)[nH]n2)ccc1C(=O)O. The van der Waals surface area contributed by atoms with Crippen LogP contribution in [-0.2, 0) is 17.6 Å². The number of aromatic nitrogens is 2. The molecule has 0 spiro atoms. The standard InChI is InChI=1S/C20H17N3O3/c1-11-6-13(4-5-16(11)20(25)26)18-10-15(22-23-18)7-12-2-3-14-9-19(24)21-17(14)8-12/h2-6,8,10H,7,9H2,1H3,(H,21,24)(H,22,23)(H,25,26). The first kappa shape index (κ1) is 16.1. The molecule has 0 unspecified atom stereocenters. The number of carboxylic acids is 1. The second-order valence-electron chi connectivity index (χ2n) is 6.51. The number of anilines is 1. The Morgan fingerprint density at radius 3 is 2.81 bits per heavy atom. The summed E-state index contributed by atoms with van der Waals surface area (Å²) in [6.07, 6.45) is 1.11. The van der Waals surface area contributed by atoms with Gasteiger partial charge >= 0.3 is 5.97 Å². The number of fused-ring (bicyclic) bond motifs is 1. The van der Waals surface area contributed by atoms with Crippen molar-refractivity contribution in [2.45, 2.75) is 19.8 Å². The van der Waals surface area contributed by atoms with Gasteiger partial charge in [0.15, 0.2) is 0 Å². The van der Waals surface area contributed by atoms with Crippen LogP contribution in [0.15, 0.2) is 42.5 Å². The third-order valence-corrected chi connectivity index (χ3v) is 4.58. The average molecular weight is 347 g/mol. The van der Waals surface area contributed by atoms with E-state index in [0.717, 1.165) is 33.8 Å². The van der Waals surface area contributed by atoms with E-state index < -0.39 is 5.97 Å². The molecular weight excluding hydrogens is 330 g/mol. The second-order valence-corrected chi connectivity index (χ2v) is 6.51. The molecule has 26 heavy (non-hydrogen) atoms. The summed E-state index contributed by atoms with van der Waals surface area (Å²) in [4.78, 5) is 22.6. The van der Waals surface area contributed by atoms with Crippen molar-refractivity contribution < 1.29 is 14.7 Å². The fourth-order valence-electron chi connectivity index (χ4n) is 3.25. The molecule has 6 heteroatoms. The van der Waals surface area contributed by atoms with E-state index in [9.17, 15) is 9.59 Å². The topological polar surface area (TPSA) is 95.1 Å². The smallest absolute Gasteiger partial charge is 0.335 e. The molecule has 3 N–H and O–H groups in total. The molecule has 0 fully saturated rings. The first-order valence-electron chi connectivity index (χ1n) is 8.30. The maximum Gasteiger partial charge on any atom is 0.335 e. The van der Waals surface area contributed by atoms with Crippen molar-refractivity contribution in [2.75, 3.05) is 5.32 Å². The molecule has 4 rings (SSSR count). The van der Waals surface area contributed by atoms with Crippen LogP contribution < -0.4 is 5.32 Å². The van der Waals surface area contributed by atoms with Gasteiger partial charge in [0.05, 0.1) is 17.7 Å². The van der Waals surface area contributed by atoms with Crippen LogP contribution >= 0.6 is 0 Å². The summed E-state index contributed by atoms with van der Waals surface area (Å²) in [5, 5.41) is 19.4. The molecule has 3 aromatic rings. The van der Waals surface area contributed by atoms with Crippen molar-refractivity contribution in [3.05, 3.63) is 70.4 Å². The zero-order valence-corrected chi connectivity index (χ0v) is 14.2. The Morgan fingerprint density at radius 2 is 2.04 bits per heavy atom. The maximum atomic E-state index is 11.5. The Hall–Kier alpha value is -3.41. The van der Waals surface area contributed by atoms with Crippen molar-refractivity contribution in [2.24, 2.45) is 0 Å². The van der Waals surface area contributed by atoms with Crippen LogP contribution in [0.2, 0.25) is 0 Å². The minimum atomic E-state index is -0.930. The van der Waals surface area contributed by atoms with Gasteiger partial charge in [0, 0.05) is 23.4 Å². The summed E-state index contributed by atoms with van der Waals surface area (Å²) in [5.74, 6) is -0.901. The van der Waals surface area contributed by atoms with Crippen molar-refractivity contribution in [1.29, 1.82) is 0 Å². The number of hydrogen-bond donors (Lipinski definition) is 3. The van der Waals surface area contributed by atoms with Crippen molar-refractivity contribution in [3.63, 3.8) is 0 Å². The highest BCUT2D eigenvalue weighted by Crippen LogP contribution is 2.26. The number of nitrogens with zero attached hydrogens (tertiary/aromatic N) is 1. The third kappa shape index (κ3) is 2.97. The van der Waals surface area contributed by atoms with Crippen LogP contribution in [0.25, 0.3) is 11.3 Å². The molecule has 0 saturated carbocycles. The van der Waals surface area contributed by atoms with Gasteiger partial charge in [-0.15, -0.1) is 0 Å². The van der Waals surface area contributed by atoms with E-state index >= 15 is 0 Å². The number of benzene rings is 2. The van der Waals surface area contributed by atoms with Crippen molar-refractivity contribution in [3.8, 4) is 11.3 Å². The fraction of sp³-hybridized carbons (Fsp3) is 0.150. The van der Waals surface area contributed by atoms with Gasteiger partial charge in [-0.1, -0.05) is 18.2 Å². The van der Waals surface area contributed by atoms with E-state index in [2.05, 4.69) is 15.5 Å². The van der Waals surface area contributed by atoms with Gasteiger partial charge in [0.25, 0.3) is 0 Å². The number of carboxylic acid groups (broad SMARTS) is 1. The van der Waals surface area contributed by atoms with Crippen molar-refractivity contribution in [1.82, 2.24) is 10.2 Å². The Kier molecular flexibility index (Phi) is 3.80. The molecule has 0 atom stereocenters. The molecule has 130 valence electrons. The molecule has 0 bridgehead atoms. The monoisotopic (exact) mass is 347 g/mol. The molecule has 0 saturated heterocycles. The molecule has 1 aliphatic rings. The number of H-pyrrole nitrogens is 1. The second kappa shape index (κ2) is 6.15. The highest BCUT2D eigenvalue weighted by molar-refractivity contribution is 5.99. The number of hydrogen-bond acceptors (Lipinski definition) is 3. The van der Waals surface area contributed by atoms with Gasteiger partial charge < -0.3 is 10.4 Å². The number of aromatic amines is 1. The Labute approximate surface area is 149 Å². The molecule has 1 aromatic heterocycles. The minimum absolute atomic E-state index is 0.0288. The number of rotatable bonds is 4. The highest BCUT2D eigenvalue weighted by Gasteiger charge is 2.17. The van der Waals surface area contributed by atoms with Crippen molar-refractivity contribution >= 4 is 17.6 Å². The van der Waals surface area contributed by atoms with Gasteiger partial charge in [-0.2, -0.15) is 5.10 Å². The zero-order chi connectivity index (χ0) is 18.3. The van der Waals surface area contributed by atoms with Crippen LogP contribution in [0.4, 0.5) is 5.69 Å². The summed E-state index contributed by atoms with van der Waals surface area (Å²) in [6, 6.07) is 13.1.